The molecule has 2 rings (SSSR count). The molecule has 0 saturated heterocycles. The summed E-state index contributed by atoms with van der Waals surface area (Å²) in [6.07, 6.45) is 2.86. The van der Waals surface area contributed by atoms with Crippen LogP contribution in [0.3, 0.4) is 0 Å². The van der Waals surface area contributed by atoms with Crippen molar-refractivity contribution in [3.8, 4) is 5.88 Å². The lowest BCUT2D eigenvalue weighted by molar-refractivity contribution is 0.399. The van der Waals surface area contributed by atoms with Crippen LogP contribution in [0.1, 0.15) is 25.0 Å². The van der Waals surface area contributed by atoms with Crippen molar-refractivity contribution in [3.63, 3.8) is 0 Å². The molecule has 0 spiro atoms. The molecule has 1 N–H and O–H groups in total. The van der Waals surface area contributed by atoms with E-state index in [9.17, 15) is 0 Å². The fourth-order valence-corrected chi connectivity index (χ4v) is 2.15. The molecule has 0 aliphatic heterocycles. The first-order chi connectivity index (χ1) is 9.69. The standard InChI is InChI=1S/C17H22N2O/c1-13(2)11-14-6-8-15(9-7-14)12-19-16-5-4-10-18-17(16)20-3/h4-10,13,19H,11-12H2,1-3H3. The molecule has 3 nitrogen and oxygen atoms in total. The summed E-state index contributed by atoms with van der Waals surface area (Å²) in [7, 11) is 1.63. The monoisotopic (exact) mass is 270 g/mol. The maximum Gasteiger partial charge on any atom is 0.237 e. The summed E-state index contributed by atoms with van der Waals surface area (Å²) in [4.78, 5) is 4.17. The van der Waals surface area contributed by atoms with Crippen LogP contribution >= 0.6 is 0 Å². The molecule has 0 radical (unpaired) electrons. The van der Waals surface area contributed by atoms with Crippen molar-refractivity contribution in [1.29, 1.82) is 0 Å². The van der Waals surface area contributed by atoms with E-state index in [-0.39, 0.29) is 0 Å². The Morgan fingerprint density at radius 1 is 1.10 bits per heavy atom. The molecule has 1 aromatic heterocycles. The first kappa shape index (κ1) is 14.4. The number of ether oxygens (including phenoxy) is 1. The highest BCUT2D eigenvalue weighted by Gasteiger charge is 2.03. The number of hydrogen-bond donors (Lipinski definition) is 1. The van der Waals surface area contributed by atoms with Gasteiger partial charge in [0, 0.05) is 12.7 Å². The smallest absolute Gasteiger partial charge is 0.237 e. The van der Waals surface area contributed by atoms with Crippen molar-refractivity contribution in [1.82, 2.24) is 4.98 Å². The van der Waals surface area contributed by atoms with Gasteiger partial charge in [-0.2, -0.15) is 0 Å². The van der Waals surface area contributed by atoms with E-state index in [2.05, 4.69) is 48.4 Å². The number of anilines is 1. The van der Waals surface area contributed by atoms with E-state index in [1.165, 1.54) is 11.1 Å². The van der Waals surface area contributed by atoms with Crippen LogP contribution in [0.5, 0.6) is 5.88 Å². The van der Waals surface area contributed by atoms with Gasteiger partial charge in [0.15, 0.2) is 0 Å². The molecule has 106 valence electrons. The maximum absolute atomic E-state index is 5.22. The number of pyridine rings is 1. The van der Waals surface area contributed by atoms with Crippen molar-refractivity contribution in [2.45, 2.75) is 26.8 Å². The van der Waals surface area contributed by atoms with Crippen molar-refractivity contribution < 1.29 is 4.74 Å². The number of aromatic nitrogens is 1. The molecule has 0 saturated carbocycles. The normalized spacial score (nSPS) is 10.6. The fourth-order valence-electron chi connectivity index (χ4n) is 2.15. The van der Waals surface area contributed by atoms with Gasteiger partial charge in [-0.1, -0.05) is 38.1 Å². The van der Waals surface area contributed by atoms with Gasteiger partial charge in [0.05, 0.1) is 12.8 Å². The Hall–Kier alpha value is -2.03. The van der Waals surface area contributed by atoms with E-state index >= 15 is 0 Å². The summed E-state index contributed by atoms with van der Waals surface area (Å²) in [5.74, 6) is 1.32. The number of nitrogens with one attached hydrogen (secondary N) is 1. The minimum atomic E-state index is 0.629. The Bertz CT molecular complexity index is 535. The summed E-state index contributed by atoms with van der Waals surface area (Å²) in [6, 6.07) is 12.6. The number of nitrogens with zero attached hydrogens (tertiary/aromatic N) is 1. The van der Waals surface area contributed by atoms with Crippen LogP contribution in [0, 0.1) is 5.92 Å². The van der Waals surface area contributed by atoms with E-state index < -0.39 is 0 Å². The quantitative estimate of drug-likeness (QED) is 0.864. The number of benzene rings is 1. The van der Waals surface area contributed by atoms with E-state index in [1.54, 1.807) is 13.3 Å². The Morgan fingerprint density at radius 3 is 2.45 bits per heavy atom. The summed E-state index contributed by atoms with van der Waals surface area (Å²) in [5, 5.41) is 3.35. The molecule has 0 atom stereocenters. The molecule has 0 bridgehead atoms. The Morgan fingerprint density at radius 2 is 1.80 bits per heavy atom. The zero-order valence-corrected chi connectivity index (χ0v) is 12.4. The highest BCUT2D eigenvalue weighted by atomic mass is 16.5. The second-order valence-electron chi connectivity index (χ2n) is 5.33. The molecule has 0 fully saturated rings. The van der Waals surface area contributed by atoms with Crippen LogP contribution in [0.25, 0.3) is 0 Å². The predicted molar refractivity (Wildman–Crippen MR) is 83.1 cm³/mol. The lowest BCUT2D eigenvalue weighted by Crippen LogP contribution is -2.02. The van der Waals surface area contributed by atoms with Gasteiger partial charge in [-0.15, -0.1) is 0 Å². The highest BCUT2D eigenvalue weighted by Crippen LogP contribution is 2.20. The van der Waals surface area contributed by atoms with E-state index in [1.807, 2.05) is 12.1 Å². The Labute approximate surface area is 121 Å². The minimum Gasteiger partial charge on any atom is -0.480 e. The number of methoxy groups -OCH3 is 1. The predicted octanol–water partition coefficient (Wildman–Crippen LogP) is 3.90. The molecule has 20 heavy (non-hydrogen) atoms. The van der Waals surface area contributed by atoms with Crippen LogP contribution < -0.4 is 10.1 Å². The molecule has 3 heteroatoms. The van der Waals surface area contributed by atoms with E-state index in [4.69, 9.17) is 4.74 Å². The Kier molecular flexibility index (Phi) is 4.99. The van der Waals surface area contributed by atoms with Gasteiger partial charge in [-0.25, -0.2) is 4.98 Å². The minimum absolute atomic E-state index is 0.629. The van der Waals surface area contributed by atoms with Gasteiger partial charge in [0.25, 0.3) is 0 Å². The van der Waals surface area contributed by atoms with Crippen molar-refractivity contribution in [3.05, 3.63) is 53.7 Å². The molecular weight excluding hydrogens is 248 g/mol. The lowest BCUT2D eigenvalue weighted by Gasteiger charge is -2.10. The third-order valence-corrected chi connectivity index (χ3v) is 3.11. The third kappa shape index (κ3) is 3.98. The largest absolute Gasteiger partial charge is 0.480 e. The zero-order valence-electron chi connectivity index (χ0n) is 12.4. The second kappa shape index (κ2) is 6.94. The molecule has 1 heterocycles. The van der Waals surface area contributed by atoms with E-state index in [0.29, 0.717) is 11.8 Å². The van der Waals surface area contributed by atoms with Crippen LogP contribution in [-0.2, 0) is 13.0 Å². The van der Waals surface area contributed by atoms with Crippen LogP contribution in [0.2, 0.25) is 0 Å². The van der Waals surface area contributed by atoms with Crippen LogP contribution in [0.15, 0.2) is 42.6 Å². The Balaban J connectivity index is 1.97. The second-order valence-corrected chi connectivity index (χ2v) is 5.33. The van der Waals surface area contributed by atoms with Crippen molar-refractivity contribution in [2.24, 2.45) is 5.92 Å². The van der Waals surface area contributed by atoms with Crippen molar-refractivity contribution >= 4 is 5.69 Å². The summed E-state index contributed by atoms with van der Waals surface area (Å²) < 4.78 is 5.22. The SMILES string of the molecule is COc1ncccc1NCc1ccc(CC(C)C)cc1. The summed E-state index contributed by atoms with van der Waals surface area (Å²) in [5.41, 5.74) is 3.56. The molecule has 0 aliphatic carbocycles. The summed E-state index contributed by atoms with van der Waals surface area (Å²) >= 11 is 0. The number of hydrogen-bond acceptors (Lipinski definition) is 3. The van der Waals surface area contributed by atoms with E-state index in [0.717, 1.165) is 18.7 Å². The fraction of sp³-hybridized carbons (Fsp3) is 0.353. The number of rotatable bonds is 6. The topological polar surface area (TPSA) is 34.1 Å². The average Bonchev–Trinajstić information content (AvgIpc) is 2.46. The zero-order chi connectivity index (χ0) is 14.4. The van der Waals surface area contributed by atoms with Gasteiger partial charge in [-0.05, 0) is 35.6 Å². The average molecular weight is 270 g/mol. The molecule has 0 amide bonds. The highest BCUT2D eigenvalue weighted by molar-refractivity contribution is 5.52. The molecular formula is C17H22N2O. The molecule has 0 aliphatic rings. The van der Waals surface area contributed by atoms with Gasteiger partial charge < -0.3 is 10.1 Å². The molecule has 2 aromatic rings. The van der Waals surface area contributed by atoms with Crippen LogP contribution in [-0.4, -0.2) is 12.1 Å². The van der Waals surface area contributed by atoms with Gasteiger partial charge >= 0.3 is 0 Å². The first-order valence-electron chi connectivity index (χ1n) is 6.99. The first-order valence-corrected chi connectivity index (χ1v) is 6.99. The molecule has 0 unspecified atom stereocenters. The van der Waals surface area contributed by atoms with Gasteiger partial charge in [-0.3, -0.25) is 0 Å². The molecule has 1 aromatic carbocycles. The van der Waals surface area contributed by atoms with Gasteiger partial charge in [0.2, 0.25) is 5.88 Å². The maximum atomic E-state index is 5.22. The summed E-state index contributed by atoms with van der Waals surface area (Å²) in [6.45, 7) is 5.25. The van der Waals surface area contributed by atoms with Gasteiger partial charge in [0.1, 0.15) is 0 Å². The van der Waals surface area contributed by atoms with Crippen molar-refractivity contribution in [2.75, 3.05) is 12.4 Å². The third-order valence-electron chi connectivity index (χ3n) is 3.11. The lowest BCUT2D eigenvalue weighted by atomic mass is 10.0. The van der Waals surface area contributed by atoms with Crippen LogP contribution in [0.4, 0.5) is 5.69 Å².